The van der Waals surface area contributed by atoms with Crippen molar-refractivity contribution < 1.29 is 26.8 Å². The third kappa shape index (κ3) is 5.02. The lowest BCUT2D eigenvalue weighted by Gasteiger charge is -2.10. The topological polar surface area (TPSA) is 81.1 Å². The summed E-state index contributed by atoms with van der Waals surface area (Å²) < 4.78 is 56.4. The first kappa shape index (κ1) is 18.9. The van der Waals surface area contributed by atoms with Gasteiger partial charge in [0, 0.05) is 6.54 Å². The second-order valence-electron chi connectivity index (χ2n) is 5.49. The summed E-state index contributed by atoms with van der Waals surface area (Å²) in [4.78, 5) is 15.9. The fourth-order valence-corrected chi connectivity index (χ4v) is 2.19. The number of nitrogens with two attached hydrogens (primary N) is 1. The number of nitrogens with one attached hydrogen (secondary N) is 1. The lowest BCUT2D eigenvalue weighted by atomic mass is 10.1. The van der Waals surface area contributed by atoms with E-state index in [4.69, 9.17) is 10.2 Å². The molecule has 1 atom stereocenters. The molecular weight excluding hydrogens is 342 g/mol. The van der Waals surface area contributed by atoms with Crippen LogP contribution in [0.1, 0.15) is 53.3 Å². The van der Waals surface area contributed by atoms with E-state index >= 15 is 0 Å². The number of aromatic nitrogens is 1. The summed E-state index contributed by atoms with van der Waals surface area (Å²) in [5.74, 6) is -1.48. The van der Waals surface area contributed by atoms with Gasteiger partial charge in [-0.25, -0.2) is 9.37 Å². The molecule has 1 unspecified atom stereocenters. The first-order valence-corrected chi connectivity index (χ1v) is 7.56. The van der Waals surface area contributed by atoms with Gasteiger partial charge in [0.15, 0.2) is 5.69 Å². The zero-order valence-corrected chi connectivity index (χ0v) is 13.4. The van der Waals surface area contributed by atoms with Gasteiger partial charge in [0.1, 0.15) is 12.1 Å². The smallest absolute Gasteiger partial charge is 0.416 e. The van der Waals surface area contributed by atoms with Crippen molar-refractivity contribution in [1.29, 1.82) is 0 Å². The zero-order chi connectivity index (χ0) is 18.6. The van der Waals surface area contributed by atoms with Crippen LogP contribution < -0.4 is 11.1 Å². The standard InChI is InChI=1S/C16H17F4N3O2/c1-2-3-12(21)15-23-13(8-25-15)14(24)22-7-9-4-10(16(18,19)20)6-11(17)5-9/h4-6,8,12H,2-3,7,21H2,1H3,(H,22,24). The number of halogens is 4. The van der Waals surface area contributed by atoms with Crippen molar-refractivity contribution in [3.8, 4) is 0 Å². The molecule has 2 rings (SSSR count). The normalized spacial score (nSPS) is 12.9. The number of carbonyl (C=O) groups is 1. The lowest BCUT2D eigenvalue weighted by Crippen LogP contribution is -2.23. The second kappa shape index (κ2) is 7.64. The van der Waals surface area contributed by atoms with Crippen molar-refractivity contribution in [3.63, 3.8) is 0 Å². The maximum absolute atomic E-state index is 13.3. The molecule has 0 spiro atoms. The van der Waals surface area contributed by atoms with Crippen LogP contribution in [0.15, 0.2) is 28.9 Å². The Kier molecular flexibility index (Phi) is 5.78. The van der Waals surface area contributed by atoms with Gasteiger partial charge in [-0.05, 0) is 30.2 Å². The van der Waals surface area contributed by atoms with E-state index in [1.54, 1.807) is 0 Å². The maximum Gasteiger partial charge on any atom is 0.416 e. The highest BCUT2D eigenvalue weighted by molar-refractivity contribution is 5.91. The first-order valence-electron chi connectivity index (χ1n) is 7.56. The van der Waals surface area contributed by atoms with Crippen LogP contribution in [-0.2, 0) is 12.7 Å². The number of benzene rings is 1. The Morgan fingerprint density at radius 1 is 1.36 bits per heavy atom. The van der Waals surface area contributed by atoms with Gasteiger partial charge in [0.25, 0.3) is 5.91 Å². The van der Waals surface area contributed by atoms with E-state index in [-0.39, 0.29) is 23.7 Å². The molecule has 1 aromatic carbocycles. The molecule has 25 heavy (non-hydrogen) atoms. The van der Waals surface area contributed by atoms with Gasteiger partial charge in [-0.3, -0.25) is 4.79 Å². The third-order valence-electron chi connectivity index (χ3n) is 3.41. The average Bonchev–Trinajstić information content (AvgIpc) is 3.01. The highest BCUT2D eigenvalue weighted by Gasteiger charge is 2.31. The SMILES string of the molecule is CCCC(N)c1nc(C(=O)NCc2cc(F)cc(C(F)(F)F)c2)co1. The number of hydrogen-bond donors (Lipinski definition) is 2. The molecule has 1 aromatic heterocycles. The van der Waals surface area contributed by atoms with Crippen LogP contribution >= 0.6 is 0 Å². The summed E-state index contributed by atoms with van der Waals surface area (Å²) >= 11 is 0. The molecule has 0 bridgehead atoms. The predicted octanol–water partition coefficient (Wildman–Crippen LogP) is 3.56. The van der Waals surface area contributed by atoms with E-state index in [1.807, 2.05) is 6.92 Å². The third-order valence-corrected chi connectivity index (χ3v) is 3.41. The molecule has 9 heteroatoms. The fraction of sp³-hybridized carbons (Fsp3) is 0.375. The molecule has 0 radical (unpaired) electrons. The number of amides is 1. The molecule has 2 aromatic rings. The molecule has 0 aliphatic heterocycles. The van der Waals surface area contributed by atoms with E-state index in [9.17, 15) is 22.4 Å². The molecular formula is C16H17F4N3O2. The highest BCUT2D eigenvalue weighted by atomic mass is 19.4. The molecule has 5 nitrogen and oxygen atoms in total. The Bertz CT molecular complexity index is 743. The quantitative estimate of drug-likeness (QED) is 0.773. The summed E-state index contributed by atoms with van der Waals surface area (Å²) in [6, 6.07) is 1.64. The Balaban J connectivity index is 2.04. The molecule has 0 aliphatic carbocycles. The van der Waals surface area contributed by atoms with E-state index < -0.39 is 29.5 Å². The van der Waals surface area contributed by atoms with Gasteiger partial charge in [-0.15, -0.1) is 0 Å². The number of hydrogen-bond acceptors (Lipinski definition) is 4. The van der Waals surface area contributed by atoms with Crippen LogP contribution in [0, 0.1) is 5.82 Å². The highest BCUT2D eigenvalue weighted by Crippen LogP contribution is 2.30. The molecule has 0 fully saturated rings. The van der Waals surface area contributed by atoms with Crippen LogP contribution in [0.25, 0.3) is 0 Å². The van der Waals surface area contributed by atoms with Crippen LogP contribution in [0.5, 0.6) is 0 Å². The summed E-state index contributed by atoms with van der Waals surface area (Å²) in [6.45, 7) is 1.65. The van der Waals surface area contributed by atoms with Crippen molar-refractivity contribution in [3.05, 3.63) is 53.0 Å². The van der Waals surface area contributed by atoms with Gasteiger partial charge in [-0.2, -0.15) is 13.2 Å². The van der Waals surface area contributed by atoms with E-state index in [0.29, 0.717) is 12.5 Å². The van der Waals surface area contributed by atoms with Crippen molar-refractivity contribution in [2.75, 3.05) is 0 Å². The fourth-order valence-electron chi connectivity index (χ4n) is 2.19. The Labute approximate surface area is 141 Å². The zero-order valence-electron chi connectivity index (χ0n) is 13.4. The van der Waals surface area contributed by atoms with Crippen molar-refractivity contribution in [1.82, 2.24) is 10.3 Å². The maximum atomic E-state index is 13.3. The van der Waals surface area contributed by atoms with Gasteiger partial charge in [0.05, 0.1) is 11.6 Å². The second-order valence-corrected chi connectivity index (χ2v) is 5.49. The average molecular weight is 359 g/mol. The molecule has 0 saturated heterocycles. The van der Waals surface area contributed by atoms with Crippen molar-refractivity contribution in [2.24, 2.45) is 5.73 Å². The molecule has 0 aliphatic rings. The Morgan fingerprint density at radius 3 is 2.72 bits per heavy atom. The van der Waals surface area contributed by atoms with Gasteiger partial charge in [0.2, 0.25) is 5.89 Å². The minimum atomic E-state index is -4.67. The van der Waals surface area contributed by atoms with E-state index in [1.165, 1.54) is 0 Å². The molecule has 136 valence electrons. The van der Waals surface area contributed by atoms with Gasteiger partial charge in [-0.1, -0.05) is 13.3 Å². The summed E-state index contributed by atoms with van der Waals surface area (Å²) in [6.07, 6.45) is -2.11. The van der Waals surface area contributed by atoms with Crippen LogP contribution in [0.2, 0.25) is 0 Å². The largest absolute Gasteiger partial charge is 0.446 e. The molecule has 1 amide bonds. The minimum Gasteiger partial charge on any atom is -0.446 e. The van der Waals surface area contributed by atoms with Crippen LogP contribution in [-0.4, -0.2) is 10.9 Å². The van der Waals surface area contributed by atoms with E-state index in [2.05, 4.69) is 10.3 Å². The molecule has 3 N–H and O–H groups in total. The summed E-state index contributed by atoms with van der Waals surface area (Å²) in [7, 11) is 0. The predicted molar refractivity (Wildman–Crippen MR) is 80.9 cm³/mol. The Hall–Kier alpha value is -2.42. The van der Waals surface area contributed by atoms with Gasteiger partial charge < -0.3 is 15.5 Å². The van der Waals surface area contributed by atoms with Crippen molar-refractivity contribution in [2.45, 2.75) is 38.5 Å². The van der Waals surface area contributed by atoms with E-state index in [0.717, 1.165) is 24.8 Å². The molecule has 0 saturated carbocycles. The lowest BCUT2D eigenvalue weighted by molar-refractivity contribution is -0.137. The van der Waals surface area contributed by atoms with Crippen LogP contribution in [0.4, 0.5) is 17.6 Å². The number of oxazole rings is 1. The van der Waals surface area contributed by atoms with Crippen LogP contribution in [0.3, 0.4) is 0 Å². The van der Waals surface area contributed by atoms with Gasteiger partial charge >= 0.3 is 6.18 Å². The number of alkyl halides is 3. The number of rotatable bonds is 6. The number of carbonyl (C=O) groups excluding carboxylic acids is 1. The van der Waals surface area contributed by atoms with Crippen molar-refractivity contribution >= 4 is 5.91 Å². The number of nitrogens with zero attached hydrogens (tertiary/aromatic N) is 1. The first-order chi connectivity index (χ1) is 11.7. The Morgan fingerprint density at radius 2 is 2.08 bits per heavy atom. The monoisotopic (exact) mass is 359 g/mol. The summed E-state index contributed by atoms with van der Waals surface area (Å²) in [5.41, 5.74) is 4.63. The summed E-state index contributed by atoms with van der Waals surface area (Å²) in [5, 5.41) is 2.37. The minimum absolute atomic E-state index is 0.0212. The molecule has 1 heterocycles.